The zero-order valence-corrected chi connectivity index (χ0v) is 16.6. The van der Waals surface area contributed by atoms with Gasteiger partial charge >= 0.3 is 12.3 Å². The van der Waals surface area contributed by atoms with Crippen molar-refractivity contribution in [2.75, 3.05) is 11.5 Å². The lowest BCUT2D eigenvalue weighted by Crippen LogP contribution is -2.61. The maximum absolute atomic E-state index is 13.4. The maximum Gasteiger partial charge on any atom is 0.416 e. The SMILES string of the molecule is CCOC(=O)N1c2ccc(C(F)(F)F)cc2[C@@H](c2cc(Cl)ncn2)C[C@@]1(N)CC. The van der Waals surface area contributed by atoms with Gasteiger partial charge in [0.25, 0.3) is 0 Å². The lowest BCUT2D eigenvalue weighted by Gasteiger charge is -2.47. The Balaban J connectivity index is 2.24. The first-order valence-electron chi connectivity index (χ1n) is 9.05. The van der Waals surface area contributed by atoms with Crippen molar-refractivity contribution in [2.24, 2.45) is 5.73 Å². The second kappa shape index (κ2) is 7.79. The van der Waals surface area contributed by atoms with Crippen LogP contribution in [0.15, 0.2) is 30.6 Å². The highest BCUT2D eigenvalue weighted by Gasteiger charge is 2.46. The lowest BCUT2D eigenvalue weighted by atomic mass is 9.79. The smallest absolute Gasteiger partial charge is 0.416 e. The molecule has 3 rings (SSSR count). The van der Waals surface area contributed by atoms with Crippen LogP contribution in [0.5, 0.6) is 0 Å². The second-order valence-corrected chi connectivity index (χ2v) is 7.17. The summed E-state index contributed by atoms with van der Waals surface area (Å²) in [5.41, 5.74) is 5.52. The molecule has 10 heteroatoms. The number of hydrogen-bond donors (Lipinski definition) is 1. The maximum atomic E-state index is 13.4. The Hall–Kier alpha value is -2.39. The molecule has 0 fully saturated rings. The zero-order valence-electron chi connectivity index (χ0n) is 15.8. The predicted molar refractivity (Wildman–Crippen MR) is 102 cm³/mol. The number of anilines is 1. The van der Waals surface area contributed by atoms with Crippen LogP contribution in [0.4, 0.5) is 23.7 Å². The van der Waals surface area contributed by atoms with Crippen LogP contribution in [-0.2, 0) is 10.9 Å². The van der Waals surface area contributed by atoms with Crippen LogP contribution in [0.2, 0.25) is 5.15 Å². The molecule has 1 aromatic heterocycles. The first-order chi connectivity index (χ1) is 13.6. The largest absolute Gasteiger partial charge is 0.449 e. The molecule has 1 aliphatic rings. The van der Waals surface area contributed by atoms with Crippen molar-refractivity contribution in [2.45, 2.75) is 44.4 Å². The van der Waals surface area contributed by atoms with Crippen LogP contribution < -0.4 is 10.6 Å². The van der Waals surface area contributed by atoms with Crippen molar-refractivity contribution in [1.82, 2.24) is 9.97 Å². The van der Waals surface area contributed by atoms with Crippen LogP contribution in [0, 0.1) is 0 Å². The molecule has 2 atom stereocenters. The Kier molecular flexibility index (Phi) is 5.73. The van der Waals surface area contributed by atoms with Gasteiger partial charge in [0, 0.05) is 5.92 Å². The Morgan fingerprint density at radius 2 is 2.07 bits per heavy atom. The molecule has 2 heterocycles. The molecule has 1 amide bonds. The van der Waals surface area contributed by atoms with Gasteiger partial charge in [-0.05, 0) is 49.6 Å². The highest BCUT2D eigenvalue weighted by molar-refractivity contribution is 6.29. The predicted octanol–water partition coefficient (Wildman–Crippen LogP) is 4.71. The highest BCUT2D eigenvalue weighted by Crippen LogP contribution is 2.47. The van der Waals surface area contributed by atoms with Gasteiger partial charge < -0.3 is 10.5 Å². The molecule has 1 aliphatic heterocycles. The van der Waals surface area contributed by atoms with Gasteiger partial charge in [-0.15, -0.1) is 0 Å². The van der Waals surface area contributed by atoms with E-state index >= 15 is 0 Å². The third-order valence-electron chi connectivity index (χ3n) is 5.05. The van der Waals surface area contributed by atoms with E-state index in [-0.39, 0.29) is 29.4 Å². The third kappa shape index (κ3) is 4.02. The number of alkyl halides is 3. The summed E-state index contributed by atoms with van der Waals surface area (Å²) in [6.07, 6.45) is -3.52. The number of carbonyl (C=O) groups is 1. The van der Waals surface area contributed by atoms with Crippen LogP contribution >= 0.6 is 11.6 Å². The van der Waals surface area contributed by atoms with Crippen LogP contribution in [-0.4, -0.2) is 28.3 Å². The molecule has 6 nitrogen and oxygen atoms in total. The summed E-state index contributed by atoms with van der Waals surface area (Å²) < 4.78 is 45.2. The van der Waals surface area contributed by atoms with Crippen molar-refractivity contribution in [1.29, 1.82) is 0 Å². The van der Waals surface area contributed by atoms with Gasteiger partial charge in [0.05, 0.1) is 23.6 Å². The molecule has 0 aliphatic carbocycles. The molecule has 2 N–H and O–H groups in total. The zero-order chi connectivity index (χ0) is 21.4. The van der Waals surface area contributed by atoms with Crippen molar-refractivity contribution in [3.63, 3.8) is 0 Å². The minimum absolute atomic E-state index is 0.107. The number of halogens is 4. The minimum atomic E-state index is -4.54. The number of ether oxygens (including phenoxy) is 1. The van der Waals surface area contributed by atoms with Gasteiger partial charge in [-0.25, -0.2) is 14.8 Å². The Bertz CT molecular complexity index is 925. The number of nitrogens with two attached hydrogens (primary N) is 1. The summed E-state index contributed by atoms with van der Waals surface area (Å²) >= 11 is 5.97. The standard InChI is InChI=1S/C19H20ClF3N4O2/c1-3-18(24)9-13(14-8-16(20)26-10-25-14)12-7-11(19(21,22)23)5-6-15(12)27(18)17(28)29-4-2/h5-8,10,13H,3-4,9,24H2,1-2H3/t13-,18+/m0/s1. The van der Waals surface area contributed by atoms with E-state index in [1.165, 1.54) is 23.4 Å². The van der Waals surface area contributed by atoms with Gasteiger partial charge in [0.2, 0.25) is 0 Å². The molecular formula is C19H20ClF3N4O2. The summed E-state index contributed by atoms with van der Waals surface area (Å²) in [7, 11) is 0. The molecule has 0 saturated heterocycles. The minimum Gasteiger partial charge on any atom is -0.449 e. The van der Waals surface area contributed by atoms with Crippen LogP contribution in [0.3, 0.4) is 0 Å². The fourth-order valence-corrected chi connectivity index (χ4v) is 3.74. The summed E-state index contributed by atoms with van der Waals surface area (Å²) in [5, 5.41) is 0.162. The molecule has 2 aromatic rings. The van der Waals surface area contributed by atoms with E-state index in [1.54, 1.807) is 13.8 Å². The normalized spacial score (nSPS) is 21.6. The van der Waals surface area contributed by atoms with E-state index in [0.717, 1.165) is 12.1 Å². The summed E-state index contributed by atoms with van der Waals surface area (Å²) in [6.45, 7) is 3.55. The van der Waals surface area contributed by atoms with E-state index in [4.69, 9.17) is 22.1 Å². The lowest BCUT2D eigenvalue weighted by molar-refractivity contribution is -0.137. The summed E-state index contributed by atoms with van der Waals surface area (Å²) in [5.74, 6) is -0.608. The average Bonchev–Trinajstić information content (AvgIpc) is 2.66. The van der Waals surface area contributed by atoms with E-state index in [9.17, 15) is 18.0 Å². The van der Waals surface area contributed by atoms with E-state index in [2.05, 4.69) is 9.97 Å². The quantitative estimate of drug-likeness (QED) is 0.716. The number of hydrogen-bond acceptors (Lipinski definition) is 5. The molecular weight excluding hydrogens is 409 g/mol. The first kappa shape index (κ1) is 21.3. The van der Waals surface area contributed by atoms with E-state index < -0.39 is 29.4 Å². The second-order valence-electron chi connectivity index (χ2n) is 6.79. The number of fused-ring (bicyclic) bond motifs is 1. The number of benzene rings is 1. The highest BCUT2D eigenvalue weighted by atomic mass is 35.5. The van der Waals surface area contributed by atoms with Crippen LogP contribution in [0.1, 0.15) is 49.4 Å². The first-order valence-corrected chi connectivity index (χ1v) is 9.43. The van der Waals surface area contributed by atoms with Crippen molar-refractivity contribution in [3.05, 3.63) is 52.6 Å². The Labute approximate surface area is 170 Å². The molecule has 1 aromatic carbocycles. The molecule has 0 spiro atoms. The molecule has 156 valence electrons. The topological polar surface area (TPSA) is 81.3 Å². The van der Waals surface area contributed by atoms with E-state index in [0.29, 0.717) is 12.1 Å². The Morgan fingerprint density at radius 1 is 1.34 bits per heavy atom. The van der Waals surface area contributed by atoms with Crippen molar-refractivity contribution in [3.8, 4) is 0 Å². The van der Waals surface area contributed by atoms with Gasteiger partial charge in [0.15, 0.2) is 0 Å². The Morgan fingerprint density at radius 3 is 2.66 bits per heavy atom. The number of carbonyl (C=O) groups excluding carboxylic acids is 1. The van der Waals surface area contributed by atoms with Gasteiger partial charge in [-0.3, -0.25) is 4.90 Å². The fraction of sp³-hybridized carbons (Fsp3) is 0.421. The van der Waals surface area contributed by atoms with Crippen LogP contribution in [0.25, 0.3) is 0 Å². The molecule has 0 bridgehead atoms. The van der Waals surface area contributed by atoms with Gasteiger partial charge in [-0.1, -0.05) is 18.5 Å². The summed E-state index contributed by atoms with van der Waals surface area (Å²) in [6, 6.07) is 4.70. The van der Waals surface area contributed by atoms with Gasteiger partial charge in [-0.2, -0.15) is 13.2 Å². The molecule has 29 heavy (non-hydrogen) atoms. The molecule has 0 radical (unpaired) electrons. The monoisotopic (exact) mass is 428 g/mol. The number of rotatable bonds is 3. The number of nitrogens with zero attached hydrogens (tertiary/aromatic N) is 3. The third-order valence-corrected chi connectivity index (χ3v) is 5.26. The number of amides is 1. The number of aromatic nitrogens is 2. The average molecular weight is 429 g/mol. The molecule has 0 saturated carbocycles. The van der Waals surface area contributed by atoms with Gasteiger partial charge in [0.1, 0.15) is 17.1 Å². The molecule has 0 unspecified atom stereocenters. The summed E-state index contributed by atoms with van der Waals surface area (Å²) in [4.78, 5) is 21.9. The van der Waals surface area contributed by atoms with Crippen molar-refractivity contribution < 1.29 is 22.7 Å². The fourth-order valence-electron chi connectivity index (χ4n) is 3.58. The van der Waals surface area contributed by atoms with Crippen molar-refractivity contribution >= 4 is 23.4 Å². The van der Waals surface area contributed by atoms with E-state index in [1.807, 2.05) is 0 Å².